The number of methoxy groups -OCH3 is 1. The van der Waals surface area contributed by atoms with Crippen LogP contribution < -0.4 is 10.1 Å². The van der Waals surface area contributed by atoms with Crippen molar-refractivity contribution in [3.05, 3.63) is 60.4 Å². The Morgan fingerprint density at radius 1 is 1.17 bits per heavy atom. The molecule has 0 aliphatic rings. The van der Waals surface area contributed by atoms with Crippen LogP contribution in [-0.4, -0.2) is 32.5 Å². The van der Waals surface area contributed by atoms with E-state index in [1.807, 2.05) is 0 Å². The van der Waals surface area contributed by atoms with Crippen LogP contribution in [0.3, 0.4) is 0 Å². The summed E-state index contributed by atoms with van der Waals surface area (Å²) >= 11 is 0. The molecule has 0 atom stereocenters. The first-order chi connectivity index (χ1) is 13.8. The predicted octanol–water partition coefficient (Wildman–Crippen LogP) is 3.66. The molecular weight excluding hydrogens is 391 g/mol. The van der Waals surface area contributed by atoms with Crippen molar-refractivity contribution in [1.82, 2.24) is 19.5 Å². The van der Waals surface area contributed by atoms with Gasteiger partial charge in [-0.15, -0.1) is 0 Å². The first-order valence-electron chi connectivity index (χ1n) is 8.19. The number of nitrogens with one attached hydrogen (secondary N) is 1. The number of halogens is 3. The average Bonchev–Trinajstić information content (AvgIpc) is 3.35. The number of nitrogens with zero attached hydrogens (tertiary/aromatic N) is 4. The van der Waals surface area contributed by atoms with Crippen molar-refractivity contribution in [1.29, 1.82) is 0 Å². The van der Waals surface area contributed by atoms with E-state index in [2.05, 4.69) is 25.0 Å². The van der Waals surface area contributed by atoms with E-state index >= 15 is 0 Å². The molecule has 1 amide bonds. The molecule has 11 heteroatoms. The van der Waals surface area contributed by atoms with Gasteiger partial charge in [-0.1, -0.05) is 5.16 Å². The van der Waals surface area contributed by atoms with E-state index < -0.39 is 18.0 Å². The fourth-order valence-electron chi connectivity index (χ4n) is 2.56. The number of aromatic nitrogens is 4. The number of rotatable bonds is 4. The fourth-order valence-corrected chi connectivity index (χ4v) is 2.56. The lowest BCUT2D eigenvalue weighted by Crippen LogP contribution is -2.12. The molecule has 4 aromatic rings. The highest BCUT2D eigenvalue weighted by Crippen LogP contribution is 2.29. The third-order valence-corrected chi connectivity index (χ3v) is 3.97. The van der Waals surface area contributed by atoms with E-state index in [0.717, 1.165) is 0 Å². The van der Waals surface area contributed by atoms with Gasteiger partial charge in [0, 0.05) is 23.6 Å². The summed E-state index contributed by atoms with van der Waals surface area (Å²) in [6.07, 6.45) is -1.70. The molecule has 0 unspecified atom stereocenters. The molecule has 0 saturated heterocycles. The summed E-state index contributed by atoms with van der Waals surface area (Å²) in [7, 11) is 1.54. The molecule has 0 spiro atoms. The number of carbonyl (C=O) groups is 1. The number of imidazole rings is 1. The van der Waals surface area contributed by atoms with Gasteiger partial charge in [-0.05, 0) is 36.4 Å². The summed E-state index contributed by atoms with van der Waals surface area (Å²) in [4.78, 5) is 20.0. The largest absolute Gasteiger partial charge is 0.497 e. The van der Waals surface area contributed by atoms with Gasteiger partial charge in [0.1, 0.15) is 17.1 Å². The smallest absolute Gasteiger partial charge is 0.471 e. The Morgan fingerprint density at radius 3 is 2.59 bits per heavy atom. The molecule has 0 aliphatic heterocycles. The number of benzene rings is 1. The Balaban J connectivity index is 1.57. The van der Waals surface area contributed by atoms with Crippen LogP contribution in [0.2, 0.25) is 0 Å². The molecule has 0 saturated carbocycles. The van der Waals surface area contributed by atoms with Gasteiger partial charge in [0.15, 0.2) is 0 Å². The normalized spacial score (nSPS) is 11.6. The highest BCUT2D eigenvalue weighted by atomic mass is 19.4. The topological polar surface area (TPSA) is 94.5 Å². The van der Waals surface area contributed by atoms with Crippen molar-refractivity contribution in [2.45, 2.75) is 6.18 Å². The van der Waals surface area contributed by atoms with E-state index in [4.69, 9.17) is 4.74 Å². The average molecular weight is 403 g/mol. The molecule has 4 rings (SSSR count). The number of hydrogen-bond donors (Lipinski definition) is 1. The van der Waals surface area contributed by atoms with Crippen LogP contribution in [0.25, 0.3) is 17.0 Å². The Hall–Kier alpha value is -3.89. The summed E-state index contributed by atoms with van der Waals surface area (Å²) in [6, 6.07) is 9.70. The molecule has 0 radical (unpaired) electrons. The van der Waals surface area contributed by atoms with Crippen LogP contribution in [0, 0.1) is 0 Å². The summed E-state index contributed by atoms with van der Waals surface area (Å²) in [5, 5.41) is 6.04. The zero-order chi connectivity index (χ0) is 20.6. The standard InChI is InChI=1S/C18H12F3N5O3/c1-28-12-4-2-11(3-5-12)22-16(27)13-9-26-7-6-10(8-14(26)23-13)15-24-17(29-25-15)18(19,20)21/h2-9H,1H3,(H,22,27). The molecule has 0 bridgehead atoms. The molecule has 29 heavy (non-hydrogen) atoms. The number of carbonyl (C=O) groups excluding carboxylic acids is 1. The first kappa shape index (κ1) is 18.5. The maximum atomic E-state index is 12.6. The molecular formula is C18H12F3N5O3. The zero-order valence-electron chi connectivity index (χ0n) is 14.8. The summed E-state index contributed by atoms with van der Waals surface area (Å²) in [6.45, 7) is 0. The molecule has 3 heterocycles. The number of pyridine rings is 1. The monoisotopic (exact) mass is 403 g/mol. The number of amides is 1. The van der Waals surface area contributed by atoms with Gasteiger partial charge >= 0.3 is 12.1 Å². The van der Waals surface area contributed by atoms with Crippen molar-refractivity contribution in [3.8, 4) is 17.1 Å². The van der Waals surface area contributed by atoms with E-state index in [0.29, 0.717) is 17.1 Å². The van der Waals surface area contributed by atoms with Crippen molar-refractivity contribution in [3.63, 3.8) is 0 Å². The molecule has 148 valence electrons. The highest BCUT2D eigenvalue weighted by molar-refractivity contribution is 6.03. The van der Waals surface area contributed by atoms with Gasteiger partial charge < -0.3 is 19.0 Å². The molecule has 0 aliphatic carbocycles. The third-order valence-electron chi connectivity index (χ3n) is 3.97. The molecule has 8 nitrogen and oxygen atoms in total. The van der Waals surface area contributed by atoms with Gasteiger partial charge in [-0.3, -0.25) is 4.79 Å². The van der Waals surface area contributed by atoms with Crippen molar-refractivity contribution in [2.24, 2.45) is 0 Å². The van der Waals surface area contributed by atoms with E-state index in [-0.39, 0.29) is 17.1 Å². The van der Waals surface area contributed by atoms with Gasteiger partial charge in [-0.25, -0.2) is 4.98 Å². The van der Waals surface area contributed by atoms with Crippen LogP contribution in [0.15, 0.2) is 53.3 Å². The van der Waals surface area contributed by atoms with E-state index in [9.17, 15) is 18.0 Å². The van der Waals surface area contributed by atoms with E-state index in [1.54, 1.807) is 28.7 Å². The van der Waals surface area contributed by atoms with Crippen LogP contribution in [-0.2, 0) is 6.18 Å². The lowest BCUT2D eigenvalue weighted by atomic mass is 10.2. The quantitative estimate of drug-likeness (QED) is 0.559. The second-order valence-corrected chi connectivity index (χ2v) is 5.91. The van der Waals surface area contributed by atoms with Crippen molar-refractivity contribution in [2.75, 3.05) is 12.4 Å². The Labute approximate surface area is 160 Å². The molecule has 1 aromatic carbocycles. The molecule has 3 aromatic heterocycles. The van der Waals surface area contributed by atoms with Crippen LogP contribution in [0.1, 0.15) is 16.4 Å². The minimum absolute atomic E-state index is 0.127. The summed E-state index contributed by atoms with van der Waals surface area (Å²) in [5.41, 5.74) is 1.28. The number of hydrogen-bond acceptors (Lipinski definition) is 6. The first-order valence-corrected chi connectivity index (χ1v) is 8.19. The summed E-state index contributed by atoms with van der Waals surface area (Å²) < 4.78 is 48.7. The number of ether oxygens (including phenoxy) is 1. The SMILES string of the molecule is COc1ccc(NC(=O)c2cn3ccc(-c4noc(C(F)(F)F)n4)cc3n2)cc1. The van der Waals surface area contributed by atoms with Crippen molar-refractivity contribution >= 4 is 17.2 Å². The van der Waals surface area contributed by atoms with Gasteiger partial charge in [-0.2, -0.15) is 18.2 Å². The number of anilines is 1. The van der Waals surface area contributed by atoms with Gasteiger partial charge in [0.25, 0.3) is 5.91 Å². The number of fused-ring (bicyclic) bond motifs is 1. The maximum Gasteiger partial charge on any atom is 0.471 e. The van der Waals surface area contributed by atoms with Crippen LogP contribution >= 0.6 is 0 Å². The minimum atomic E-state index is -4.73. The fraction of sp³-hybridized carbons (Fsp3) is 0.111. The third kappa shape index (κ3) is 3.74. The Bertz CT molecular complexity index is 1180. The zero-order valence-corrected chi connectivity index (χ0v) is 14.8. The second-order valence-electron chi connectivity index (χ2n) is 5.91. The Morgan fingerprint density at radius 2 is 1.93 bits per heavy atom. The highest BCUT2D eigenvalue weighted by Gasteiger charge is 2.38. The number of alkyl halides is 3. The second kappa shape index (κ2) is 6.93. The van der Waals surface area contributed by atoms with Gasteiger partial charge in [0.05, 0.1) is 7.11 Å². The molecule has 0 fully saturated rings. The molecule has 1 N–H and O–H groups in total. The Kier molecular flexibility index (Phi) is 4.41. The minimum Gasteiger partial charge on any atom is -0.497 e. The lowest BCUT2D eigenvalue weighted by molar-refractivity contribution is -0.159. The van der Waals surface area contributed by atoms with Crippen LogP contribution in [0.4, 0.5) is 18.9 Å². The maximum absolute atomic E-state index is 12.6. The summed E-state index contributed by atoms with van der Waals surface area (Å²) in [5.74, 6) is -1.46. The predicted molar refractivity (Wildman–Crippen MR) is 94.4 cm³/mol. The lowest BCUT2D eigenvalue weighted by Gasteiger charge is -2.04. The van der Waals surface area contributed by atoms with Gasteiger partial charge in [0.2, 0.25) is 5.82 Å². The van der Waals surface area contributed by atoms with Crippen LogP contribution in [0.5, 0.6) is 5.75 Å². The van der Waals surface area contributed by atoms with Crippen molar-refractivity contribution < 1.29 is 27.2 Å². The van der Waals surface area contributed by atoms with E-state index in [1.165, 1.54) is 31.6 Å².